The van der Waals surface area contributed by atoms with Crippen molar-refractivity contribution >= 4 is 5.69 Å². The van der Waals surface area contributed by atoms with Gasteiger partial charge < -0.3 is 15.0 Å². The molecule has 1 aromatic carbocycles. The number of methoxy groups -OCH3 is 1. The highest BCUT2D eigenvalue weighted by Crippen LogP contribution is 2.30. The van der Waals surface area contributed by atoms with Crippen LogP contribution in [0.15, 0.2) is 12.1 Å². The van der Waals surface area contributed by atoms with E-state index in [0.29, 0.717) is 6.04 Å². The van der Waals surface area contributed by atoms with Crippen molar-refractivity contribution in [2.45, 2.75) is 46.1 Å². The number of nitrogens with zero attached hydrogens (tertiary/aromatic N) is 1. The molecule has 1 unspecified atom stereocenters. The zero-order valence-corrected chi connectivity index (χ0v) is 13.3. The van der Waals surface area contributed by atoms with E-state index in [9.17, 15) is 0 Å². The minimum Gasteiger partial charge on any atom is -0.496 e. The Hall–Kier alpha value is -1.22. The minimum atomic E-state index is 0.581. The van der Waals surface area contributed by atoms with Gasteiger partial charge in [0.1, 0.15) is 5.75 Å². The topological polar surface area (TPSA) is 24.5 Å². The molecule has 2 rings (SSSR count). The Kier molecular flexibility index (Phi) is 5.30. The highest BCUT2D eigenvalue weighted by molar-refractivity contribution is 5.60. The number of rotatable bonds is 4. The number of aryl methyl sites for hydroxylation is 1. The van der Waals surface area contributed by atoms with Crippen LogP contribution in [0.2, 0.25) is 0 Å². The van der Waals surface area contributed by atoms with Gasteiger partial charge in [0.25, 0.3) is 0 Å². The quantitative estimate of drug-likeness (QED) is 0.909. The number of nitrogens with one attached hydrogen (secondary N) is 1. The maximum Gasteiger partial charge on any atom is 0.126 e. The fraction of sp³-hybridized carbons (Fsp3) is 0.647. The van der Waals surface area contributed by atoms with Gasteiger partial charge in [-0.3, -0.25) is 0 Å². The van der Waals surface area contributed by atoms with Crippen molar-refractivity contribution in [3.05, 3.63) is 23.3 Å². The van der Waals surface area contributed by atoms with Gasteiger partial charge in [0, 0.05) is 23.8 Å². The molecule has 20 heavy (non-hydrogen) atoms. The first-order valence-corrected chi connectivity index (χ1v) is 7.78. The molecule has 1 aliphatic heterocycles. The molecule has 0 aliphatic carbocycles. The van der Waals surface area contributed by atoms with Crippen molar-refractivity contribution in [1.29, 1.82) is 0 Å². The Labute approximate surface area is 123 Å². The number of ether oxygens (including phenoxy) is 1. The van der Waals surface area contributed by atoms with E-state index < -0.39 is 0 Å². The van der Waals surface area contributed by atoms with E-state index in [1.165, 1.54) is 55.7 Å². The molecule has 1 N–H and O–H groups in total. The van der Waals surface area contributed by atoms with Crippen molar-refractivity contribution in [3.63, 3.8) is 0 Å². The molecule has 0 bridgehead atoms. The lowest BCUT2D eigenvalue weighted by Gasteiger charge is -2.21. The smallest absolute Gasteiger partial charge is 0.126 e. The second-order valence-electron chi connectivity index (χ2n) is 5.79. The highest BCUT2D eigenvalue weighted by atomic mass is 16.5. The molecular weight excluding hydrogens is 248 g/mol. The number of hydrogen-bond acceptors (Lipinski definition) is 3. The number of benzene rings is 1. The molecular formula is C17H28N2O. The molecule has 3 heteroatoms. The van der Waals surface area contributed by atoms with Crippen molar-refractivity contribution in [3.8, 4) is 5.75 Å². The van der Waals surface area contributed by atoms with Gasteiger partial charge in [-0.25, -0.2) is 0 Å². The average Bonchev–Trinajstić information content (AvgIpc) is 2.68. The highest BCUT2D eigenvalue weighted by Gasteiger charge is 2.17. The normalized spacial score (nSPS) is 20.5. The largest absolute Gasteiger partial charge is 0.496 e. The summed E-state index contributed by atoms with van der Waals surface area (Å²) in [5.74, 6) is 1.01. The van der Waals surface area contributed by atoms with Gasteiger partial charge >= 0.3 is 0 Å². The van der Waals surface area contributed by atoms with E-state index in [1.54, 1.807) is 7.11 Å². The zero-order valence-electron chi connectivity index (χ0n) is 13.3. The van der Waals surface area contributed by atoms with Crippen LogP contribution >= 0.6 is 0 Å². The molecule has 1 atom stereocenters. The zero-order chi connectivity index (χ0) is 14.5. The molecule has 1 aromatic rings. The fourth-order valence-corrected chi connectivity index (χ4v) is 3.13. The molecule has 1 saturated heterocycles. The summed E-state index contributed by atoms with van der Waals surface area (Å²) in [5, 5.41) is 3.73. The minimum absolute atomic E-state index is 0.581. The van der Waals surface area contributed by atoms with Gasteiger partial charge in [0.15, 0.2) is 0 Å². The predicted octanol–water partition coefficient (Wildman–Crippen LogP) is 3.60. The van der Waals surface area contributed by atoms with E-state index in [2.05, 4.69) is 43.1 Å². The number of anilines is 1. The predicted molar refractivity (Wildman–Crippen MR) is 85.8 cm³/mol. The molecule has 1 fully saturated rings. The van der Waals surface area contributed by atoms with Gasteiger partial charge in [-0.05, 0) is 57.8 Å². The van der Waals surface area contributed by atoms with Gasteiger partial charge in [-0.1, -0.05) is 13.0 Å². The Bertz CT molecular complexity index is 445. The van der Waals surface area contributed by atoms with Crippen LogP contribution in [-0.4, -0.2) is 37.7 Å². The first-order valence-electron chi connectivity index (χ1n) is 7.78. The maximum atomic E-state index is 5.52. The lowest BCUT2D eigenvalue weighted by molar-refractivity contribution is 0.300. The standard InChI is InChI=1S/C17H28N2O/c1-5-19-11-6-7-15(10-12-19)18-16-9-8-13(2)17(20-4)14(16)3/h8-9,15,18H,5-7,10-12H2,1-4H3. The first-order chi connectivity index (χ1) is 9.65. The third-order valence-corrected chi connectivity index (χ3v) is 4.43. The first kappa shape index (κ1) is 15.2. The van der Waals surface area contributed by atoms with E-state index in [1.807, 2.05) is 0 Å². The van der Waals surface area contributed by atoms with E-state index >= 15 is 0 Å². The molecule has 0 saturated carbocycles. The van der Waals surface area contributed by atoms with Crippen LogP contribution < -0.4 is 10.1 Å². The van der Waals surface area contributed by atoms with Crippen LogP contribution in [0.4, 0.5) is 5.69 Å². The number of hydrogen-bond donors (Lipinski definition) is 1. The summed E-state index contributed by atoms with van der Waals surface area (Å²) < 4.78 is 5.52. The Morgan fingerprint density at radius 2 is 2.05 bits per heavy atom. The molecule has 0 radical (unpaired) electrons. The summed E-state index contributed by atoms with van der Waals surface area (Å²) in [4.78, 5) is 2.55. The Morgan fingerprint density at radius 3 is 2.75 bits per heavy atom. The molecule has 0 amide bonds. The van der Waals surface area contributed by atoms with Crippen molar-refractivity contribution in [1.82, 2.24) is 4.90 Å². The summed E-state index contributed by atoms with van der Waals surface area (Å²) in [6, 6.07) is 4.91. The van der Waals surface area contributed by atoms with Crippen LogP contribution in [0.5, 0.6) is 5.75 Å². The average molecular weight is 276 g/mol. The van der Waals surface area contributed by atoms with Gasteiger partial charge in [0.2, 0.25) is 0 Å². The Balaban J connectivity index is 2.06. The molecule has 3 nitrogen and oxygen atoms in total. The molecule has 112 valence electrons. The van der Waals surface area contributed by atoms with Gasteiger partial charge in [0.05, 0.1) is 7.11 Å². The van der Waals surface area contributed by atoms with Crippen LogP contribution in [0.1, 0.15) is 37.3 Å². The van der Waals surface area contributed by atoms with Crippen molar-refractivity contribution < 1.29 is 4.74 Å². The van der Waals surface area contributed by atoms with Crippen LogP contribution in [0, 0.1) is 13.8 Å². The lowest BCUT2D eigenvalue weighted by Crippen LogP contribution is -2.26. The third-order valence-electron chi connectivity index (χ3n) is 4.43. The molecule has 0 spiro atoms. The molecule has 1 heterocycles. The Morgan fingerprint density at radius 1 is 1.25 bits per heavy atom. The summed E-state index contributed by atoms with van der Waals surface area (Å²) in [6.07, 6.45) is 3.77. The van der Waals surface area contributed by atoms with E-state index in [0.717, 1.165) is 5.75 Å². The summed E-state index contributed by atoms with van der Waals surface area (Å²) in [7, 11) is 1.75. The van der Waals surface area contributed by atoms with E-state index in [4.69, 9.17) is 4.74 Å². The number of likely N-dealkylation sites (tertiary alicyclic amines) is 1. The van der Waals surface area contributed by atoms with E-state index in [-0.39, 0.29) is 0 Å². The van der Waals surface area contributed by atoms with Crippen LogP contribution in [0.3, 0.4) is 0 Å². The SMILES string of the molecule is CCN1CCCC(Nc2ccc(C)c(OC)c2C)CC1. The fourth-order valence-electron chi connectivity index (χ4n) is 3.13. The molecule has 0 aromatic heterocycles. The van der Waals surface area contributed by atoms with Gasteiger partial charge in [-0.2, -0.15) is 0 Å². The molecule has 1 aliphatic rings. The maximum absolute atomic E-state index is 5.52. The summed E-state index contributed by atoms with van der Waals surface area (Å²) in [5.41, 5.74) is 3.65. The van der Waals surface area contributed by atoms with Crippen LogP contribution in [0.25, 0.3) is 0 Å². The van der Waals surface area contributed by atoms with Crippen molar-refractivity contribution in [2.75, 3.05) is 32.1 Å². The second kappa shape index (κ2) is 6.98. The van der Waals surface area contributed by atoms with Gasteiger partial charge in [-0.15, -0.1) is 0 Å². The monoisotopic (exact) mass is 276 g/mol. The third kappa shape index (κ3) is 3.45. The van der Waals surface area contributed by atoms with Crippen LogP contribution in [-0.2, 0) is 0 Å². The van der Waals surface area contributed by atoms with Crippen molar-refractivity contribution in [2.24, 2.45) is 0 Å². The lowest BCUT2D eigenvalue weighted by atomic mass is 10.1. The second-order valence-corrected chi connectivity index (χ2v) is 5.79. The summed E-state index contributed by atoms with van der Waals surface area (Å²) in [6.45, 7) is 10.1. The summed E-state index contributed by atoms with van der Waals surface area (Å²) >= 11 is 0.